The van der Waals surface area contributed by atoms with E-state index in [0.29, 0.717) is 0 Å². The molecule has 0 fully saturated rings. The maximum atomic E-state index is 5.41. The Morgan fingerprint density at radius 1 is 1.07 bits per heavy atom. The van der Waals surface area contributed by atoms with E-state index in [1.54, 1.807) is 6.26 Å². The highest BCUT2D eigenvalue weighted by Crippen LogP contribution is 2.04. The molecule has 1 aromatic carbocycles. The average Bonchev–Trinajstić information content (AvgIpc) is 2.18. The molecule has 0 saturated heterocycles. The molecule has 1 atom stereocenters. The Hall–Kier alpha value is -1.28. The van der Waals surface area contributed by atoms with Crippen molar-refractivity contribution in [2.24, 2.45) is 0 Å². The van der Waals surface area contributed by atoms with Crippen LogP contribution in [-0.4, -0.2) is 12.4 Å². The van der Waals surface area contributed by atoms with Crippen LogP contribution < -0.4 is 0 Å². The monoisotopic (exact) mass is 206 g/mol. The SMILES string of the molecule is CC(C)OC(C)OC=Cc1ccccc1. The maximum Gasteiger partial charge on any atom is 0.196 e. The highest BCUT2D eigenvalue weighted by atomic mass is 16.7. The zero-order valence-corrected chi connectivity index (χ0v) is 9.51. The molecule has 0 heterocycles. The van der Waals surface area contributed by atoms with E-state index in [0.717, 1.165) is 5.56 Å². The molecule has 0 spiro atoms. The number of ether oxygens (including phenoxy) is 2. The lowest BCUT2D eigenvalue weighted by atomic mass is 10.2. The molecule has 15 heavy (non-hydrogen) atoms. The summed E-state index contributed by atoms with van der Waals surface area (Å²) >= 11 is 0. The molecule has 0 aliphatic carbocycles. The van der Waals surface area contributed by atoms with E-state index in [2.05, 4.69) is 0 Å². The lowest BCUT2D eigenvalue weighted by molar-refractivity contribution is -0.118. The Labute approximate surface area is 91.5 Å². The topological polar surface area (TPSA) is 18.5 Å². The minimum atomic E-state index is -0.204. The number of hydrogen-bond acceptors (Lipinski definition) is 2. The van der Waals surface area contributed by atoms with Gasteiger partial charge in [0, 0.05) is 0 Å². The second-order valence-corrected chi connectivity index (χ2v) is 3.60. The fourth-order valence-corrected chi connectivity index (χ4v) is 1.21. The van der Waals surface area contributed by atoms with E-state index in [9.17, 15) is 0 Å². The molecule has 0 aliphatic heterocycles. The first-order valence-corrected chi connectivity index (χ1v) is 5.21. The third kappa shape index (κ3) is 5.23. The third-order valence-corrected chi connectivity index (χ3v) is 1.79. The van der Waals surface area contributed by atoms with Crippen molar-refractivity contribution in [3.63, 3.8) is 0 Å². The molecule has 2 nitrogen and oxygen atoms in total. The van der Waals surface area contributed by atoms with Gasteiger partial charge in [-0.15, -0.1) is 0 Å². The Kier molecular flexibility index (Phi) is 4.91. The van der Waals surface area contributed by atoms with Crippen LogP contribution >= 0.6 is 0 Å². The van der Waals surface area contributed by atoms with Gasteiger partial charge in [-0.25, -0.2) is 0 Å². The van der Waals surface area contributed by atoms with Gasteiger partial charge < -0.3 is 9.47 Å². The Morgan fingerprint density at radius 3 is 2.33 bits per heavy atom. The zero-order chi connectivity index (χ0) is 11.1. The summed E-state index contributed by atoms with van der Waals surface area (Å²) in [6.45, 7) is 5.86. The summed E-state index contributed by atoms with van der Waals surface area (Å²) in [7, 11) is 0. The first-order valence-electron chi connectivity index (χ1n) is 5.21. The first-order chi connectivity index (χ1) is 7.18. The zero-order valence-electron chi connectivity index (χ0n) is 9.51. The second kappa shape index (κ2) is 6.25. The highest BCUT2D eigenvalue weighted by molar-refractivity contribution is 5.47. The fraction of sp³-hybridized carbons (Fsp3) is 0.385. The fourth-order valence-electron chi connectivity index (χ4n) is 1.21. The van der Waals surface area contributed by atoms with Crippen molar-refractivity contribution >= 4 is 6.08 Å². The lowest BCUT2D eigenvalue weighted by Crippen LogP contribution is -2.15. The summed E-state index contributed by atoms with van der Waals surface area (Å²) in [4.78, 5) is 0. The Bertz CT molecular complexity index is 291. The van der Waals surface area contributed by atoms with E-state index >= 15 is 0 Å². The minimum Gasteiger partial charge on any atom is -0.473 e. The standard InChI is InChI=1S/C13H18O2/c1-11(2)15-12(3)14-10-9-13-7-5-4-6-8-13/h4-12H,1-3H3. The van der Waals surface area contributed by atoms with Crippen LogP contribution in [0.3, 0.4) is 0 Å². The summed E-state index contributed by atoms with van der Waals surface area (Å²) in [5.41, 5.74) is 1.12. The van der Waals surface area contributed by atoms with Gasteiger partial charge in [0.05, 0.1) is 12.4 Å². The van der Waals surface area contributed by atoms with Crippen molar-refractivity contribution in [1.29, 1.82) is 0 Å². The van der Waals surface area contributed by atoms with Crippen LogP contribution in [0.4, 0.5) is 0 Å². The molecule has 0 N–H and O–H groups in total. The van der Waals surface area contributed by atoms with Gasteiger partial charge in [0.1, 0.15) is 0 Å². The molecule has 1 aromatic rings. The van der Waals surface area contributed by atoms with E-state index in [1.807, 2.05) is 57.2 Å². The van der Waals surface area contributed by atoms with Crippen molar-refractivity contribution in [3.8, 4) is 0 Å². The van der Waals surface area contributed by atoms with Gasteiger partial charge in [-0.2, -0.15) is 0 Å². The largest absolute Gasteiger partial charge is 0.473 e. The lowest BCUT2D eigenvalue weighted by Gasteiger charge is -2.14. The number of benzene rings is 1. The molecule has 1 rings (SSSR count). The molecular weight excluding hydrogens is 188 g/mol. The van der Waals surface area contributed by atoms with Crippen molar-refractivity contribution in [2.45, 2.75) is 33.2 Å². The molecule has 0 aliphatic rings. The van der Waals surface area contributed by atoms with Crippen LogP contribution in [0.15, 0.2) is 36.6 Å². The molecule has 2 heteroatoms. The van der Waals surface area contributed by atoms with E-state index in [-0.39, 0.29) is 12.4 Å². The van der Waals surface area contributed by atoms with Gasteiger partial charge in [-0.05, 0) is 32.4 Å². The van der Waals surface area contributed by atoms with Crippen molar-refractivity contribution < 1.29 is 9.47 Å². The van der Waals surface area contributed by atoms with Crippen LogP contribution in [-0.2, 0) is 9.47 Å². The molecule has 0 saturated carbocycles. The van der Waals surface area contributed by atoms with E-state index in [1.165, 1.54) is 0 Å². The van der Waals surface area contributed by atoms with Gasteiger partial charge in [0.25, 0.3) is 0 Å². The van der Waals surface area contributed by atoms with Gasteiger partial charge in [0.2, 0.25) is 0 Å². The summed E-state index contributed by atoms with van der Waals surface area (Å²) in [5.74, 6) is 0. The smallest absolute Gasteiger partial charge is 0.196 e. The molecule has 0 radical (unpaired) electrons. The van der Waals surface area contributed by atoms with Crippen molar-refractivity contribution in [3.05, 3.63) is 42.2 Å². The van der Waals surface area contributed by atoms with E-state index in [4.69, 9.17) is 9.47 Å². The van der Waals surface area contributed by atoms with Gasteiger partial charge in [0.15, 0.2) is 6.29 Å². The summed E-state index contributed by atoms with van der Waals surface area (Å²) < 4.78 is 10.8. The van der Waals surface area contributed by atoms with Crippen LogP contribution in [0.25, 0.3) is 6.08 Å². The third-order valence-electron chi connectivity index (χ3n) is 1.79. The molecule has 0 aromatic heterocycles. The predicted molar refractivity (Wildman–Crippen MR) is 62.2 cm³/mol. The minimum absolute atomic E-state index is 0.185. The number of rotatable bonds is 5. The summed E-state index contributed by atoms with van der Waals surface area (Å²) in [5, 5.41) is 0. The second-order valence-electron chi connectivity index (χ2n) is 3.60. The van der Waals surface area contributed by atoms with Gasteiger partial charge >= 0.3 is 0 Å². The van der Waals surface area contributed by atoms with Crippen LogP contribution in [0, 0.1) is 0 Å². The van der Waals surface area contributed by atoms with Gasteiger partial charge in [-0.1, -0.05) is 30.3 Å². The molecule has 82 valence electrons. The molecule has 0 amide bonds. The number of hydrogen-bond donors (Lipinski definition) is 0. The maximum absolute atomic E-state index is 5.41. The highest BCUT2D eigenvalue weighted by Gasteiger charge is 2.01. The van der Waals surface area contributed by atoms with Crippen LogP contribution in [0.2, 0.25) is 0 Å². The molecular formula is C13H18O2. The Morgan fingerprint density at radius 2 is 1.73 bits per heavy atom. The van der Waals surface area contributed by atoms with Crippen LogP contribution in [0.1, 0.15) is 26.3 Å². The molecule has 0 bridgehead atoms. The normalized spacial score (nSPS) is 13.3. The van der Waals surface area contributed by atoms with Crippen molar-refractivity contribution in [2.75, 3.05) is 0 Å². The van der Waals surface area contributed by atoms with Crippen LogP contribution in [0.5, 0.6) is 0 Å². The van der Waals surface area contributed by atoms with E-state index < -0.39 is 0 Å². The molecule has 1 unspecified atom stereocenters. The quantitative estimate of drug-likeness (QED) is 0.542. The van der Waals surface area contributed by atoms with Crippen molar-refractivity contribution in [1.82, 2.24) is 0 Å². The first kappa shape index (κ1) is 11.8. The van der Waals surface area contributed by atoms with Gasteiger partial charge in [-0.3, -0.25) is 0 Å². The Balaban J connectivity index is 2.34. The average molecular weight is 206 g/mol. The summed E-state index contributed by atoms with van der Waals surface area (Å²) in [6, 6.07) is 10.0. The summed E-state index contributed by atoms with van der Waals surface area (Å²) in [6.07, 6.45) is 3.57. The predicted octanol–water partition coefficient (Wildman–Crippen LogP) is 3.44.